The zero-order valence-corrected chi connectivity index (χ0v) is 9.90. The summed E-state index contributed by atoms with van der Waals surface area (Å²) in [4.78, 5) is 11.7. The molecule has 0 fully saturated rings. The van der Waals surface area contributed by atoms with Crippen LogP contribution in [0.4, 0.5) is 0 Å². The fourth-order valence-corrected chi connectivity index (χ4v) is 2.14. The van der Waals surface area contributed by atoms with Crippen molar-refractivity contribution in [3.8, 4) is 0 Å². The number of hydrogen-bond acceptors (Lipinski definition) is 3. The average Bonchev–Trinajstić information content (AvgIpc) is 3.05. The zero-order valence-electron chi connectivity index (χ0n) is 9.90. The normalized spacial score (nSPS) is 13.3. The molecule has 0 atom stereocenters. The molecule has 1 amide bonds. The van der Waals surface area contributed by atoms with E-state index in [0.29, 0.717) is 12.3 Å². The first-order valence-corrected chi connectivity index (χ1v) is 5.96. The molecule has 4 nitrogen and oxygen atoms in total. The van der Waals surface area contributed by atoms with Crippen LogP contribution in [0.25, 0.3) is 0 Å². The van der Waals surface area contributed by atoms with Crippen LogP contribution in [0.1, 0.15) is 27.2 Å². The minimum absolute atomic E-state index is 0.182. The van der Waals surface area contributed by atoms with Gasteiger partial charge in [-0.1, -0.05) is 18.2 Å². The van der Waals surface area contributed by atoms with Gasteiger partial charge in [0.2, 0.25) is 0 Å². The Kier molecular flexibility index (Phi) is 2.86. The molecule has 1 aromatic carbocycles. The summed E-state index contributed by atoms with van der Waals surface area (Å²) in [6, 6.07) is 9.66. The number of benzene rings is 1. The first-order valence-electron chi connectivity index (χ1n) is 5.96. The summed E-state index contributed by atoms with van der Waals surface area (Å²) in [5.74, 6) is 0.163. The quantitative estimate of drug-likeness (QED) is 0.863. The molecule has 2 N–H and O–H groups in total. The number of carbonyl (C=O) groups is 1. The molecule has 1 aliphatic heterocycles. The molecule has 0 saturated heterocycles. The maximum atomic E-state index is 11.7. The van der Waals surface area contributed by atoms with Gasteiger partial charge in [-0.15, -0.1) is 0 Å². The number of rotatable bonds is 3. The van der Waals surface area contributed by atoms with Crippen molar-refractivity contribution in [3.63, 3.8) is 0 Å². The number of furan rings is 1. The van der Waals surface area contributed by atoms with Crippen molar-refractivity contribution < 1.29 is 9.21 Å². The van der Waals surface area contributed by atoms with E-state index in [4.69, 9.17) is 4.42 Å². The number of carbonyl (C=O) groups excluding carboxylic acids is 1. The van der Waals surface area contributed by atoms with E-state index in [1.807, 2.05) is 6.07 Å². The summed E-state index contributed by atoms with van der Waals surface area (Å²) >= 11 is 0. The third-order valence-corrected chi connectivity index (χ3v) is 3.10. The van der Waals surface area contributed by atoms with Crippen molar-refractivity contribution in [1.29, 1.82) is 0 Å². The van der Waals surface area contributed by atoms with Crippen molar-refractivity contribution in [2.24, 2.45) is 0 Å². The monoisotopic (exact) mass is 242 g/mol. The highest BCUT2D eigenvalue weighted by Gasteiger charge is 2.11. The first kappa shape index (κ1) is 11.0. The predicted molar refractivity (Wildman–Crippen MR) is 66.9 cm³/mol. The van der Waals surface area contributed by atoms with E-state index in [0.717, 1.165) is 18.7 Å². The van der Waals surface area contributed by atoms with Crippen LogP contribution in [0.3, 0.4) is 0 Å². The molecule has 18 heavy (non-hydrogen) atoms. The van der Waals surface area contributed by atoms with Crippen LogP contribution in [0.2, 0.25) is 0 Å². The Labute approximate surface area is 105 Å². The maximum Gasteiger partial charge on any atom is 0.287 e. The number of fused-ring (bicyclic) bond motifs is 1. The van der Waals surface area contributed by atoms with E-state index in [9.17, 15) is 4.79 Å². The van der Waals surface area contributed by atoms with Gasteiger partial charge in [0.25, 0.3) is 5.91 Å². The van der Waals surface area contributed by atoms with Gasteiger partial charge in [0.1, 0.15) is 0 Å². The van der Waals surface area contributed by atoms with E-state index < -0.39 is 0 Å². The summed E-state index contributed by atoms with van der Waals surface area (Å²) in [5, 5.41) is 6.14. The fraction of sp³-hybridized carbons (Fsp3) is 0.214. The summed E-state index contributed by atoms with van der Waals surface area (Å²) in [6.07, 6.45) is 1.50. The Morgan fingerprint density at radius 1 is 1.28 bits per heavy atom. The molecule has 92 valence electrons. The van der Waals surface area contributed by atoms with Crippen LogP contribution in [0, 0.1) is 0 Å². The smallest absolute Gasteiger partial charge is 0.287 e. The molecule has 0 aliphatic carbocycles. The van der Waals surface area contributed by atoms with Crippen molar-refractivity contribution in [3.05, 3.63) is 59.0 Å². The molecular weight excluding hydrogens is 228 g/mol. The summed E-state index contributed by atoms with van der Waals surface area (Å²) in [6.45, 7) is 2.37. The lowest BCUT2D eigenvalue weighted by Crippen LogP contribution is -2.22. The minimum Gasteiger partial charge on any atom is -0.459 e. The number of nitrogens with one attached hydrogen (secondary N) is 2. The van der Waals surface area contributed by atoms with Crippen molar-refractivity contribution >= 4 is 5.91 Å². The average molecular weight is 242 g/mol. The largest absolute Gasteiger partial charge is 0.459 e. The van der Waals surface area contributed by atoms with Gasteiger partial charge >= 0.3 is 0 Å². The Morgan fingerprint density at radius 2 is 2.17 bits per heavy atom. The second kappa shape index (κ2) is 4.66. The summed E-state index contributed by atoms with van der Waals surface area (Å²) < 4.78 is 5.04. The van der Waals surface area contributed by atoms with E-state index in [-0.39, 0.29) is 5.91 Å². The highest BCUT2D eigenvalue weighted by Crippen LogP contribution is 2.16. The van der Waals surface area contributed by atoms with Crippen LogP contribution in [-0.2, 0) is 19.6 Å². The third kappa shape index (κ3) is 2.15. The van der Waals surface area contributed by atoms with E-state index in [1.165, 1.54) is 17.4 Å². The molecule has 0 saturated carbocycles. The van der Waals surface area contributed by atoms with Crippen LogP contribution in [0.5, 0.6) is 0 Å². The second-order valence-corrected chi connectivity index (χ2v) is 4.37. The van der Waals surface area contributed by atoms with Crippen LogP contribution >= 0.6 is 0 Å². The topological polar surface area (TPSA) is 54.3 Å². The molecular formula is C14H14N2O2. The van der Waals surface area contributed by atoms with Gasteiger partial charge in [0.15, 0.2) is 5.76 Å². The summed E-state index contributed by atoms with van der Waals surface area (Å²) in [5.41, 5.74) is 3.77. The van der Waals surface area contributed by atoms with Gasteiger partial charge in [0, 0.05) is 19.6 Å². The molecule has 1 aromatic heterocycles. The zero-order chi connectivity index (χ0) is 12.4. The molecule has 4 heteroatoms. The molecule has 0 bridgehead atoms. The second-order valence-electron chi connectivity index (χ2n) is 4.37. The molecule has 2 heterocycles. The van der Waals surface area contributed by atoms with E-state index in [1.54, 1.807) is 12.1 Å². The Bertz CT molecular complexity index is 561. The standard InChI is InChI=1S/C14H14N2O2/c17-14(13-2-1-5-18-13)16-7-10-3-4-11-8-15-9-12(11)6-10/h1-6,15H,7-9H2,(H,16,17). The highest BCUT2D eigenvalue weighted by molar-refractivity contribution is 5.91. The van der Waals surface area contributed by atoms with E-state index >= 15 is 0 Å². The van der Waals surface area contributed by atoms with E-state index in [2.05, 4.69) is 22.8 Å². The van der Waals surface area contributed by atoms with Crippen molar-refractivity contribution in [2.75, 3.05) is 0 Å². The Balaban J connectivity index is 1.65. The molecule has 1 aliphatic rings. The van der Waals surface area contributed by atoms with Gasteiger partial charge in [0.05, 0.1) is 6.26 Å². The van der Waals surface area contributed by atoms with Gasteiger partial charge in [-0.05, 0) is 28.8 Å². The maximum absolute atomic E-state index is 11.7. The SMILES string of the molecule is O=C(NCc1ccc2c(c1)CNC2)c1ccco1. The van der Waals surface area contributed by atoms with Crippen molar-refractivity contribution in [2.45, 2.75) is 19.6 Å². The lowest BCUT2D eigenvalue weighted by Gasteiger charge is -2.05. The van der Waals surface area contributed by atoms with Gasteiger partial charge in [-0.2, -0.15) is 0 Å². The number of hydrogen-bond donors (Lipinski definition) is 2. The molecule has 3 rings (SSSR count). The molecule has 0 spiro atoms. The van der Waals surface area contributed by atoms with Gasteiger partial charge < -0.3 is 15.1 Å². The summed E-state index contributed by atoms with van der Waals surface area (Å²) in [7, 11) is 0. The lowest BCUT2D eigenvalue weighted by molar-refractivity contribution is 0.0923. The first-order chi connectivity index (χ1) is 8.83. The third-order valence-electron chi connectivity index (χ3n) is 3.10. The van der Waals surface area contributed by atoms with Crippen molar-refractivity contribution in [1.82, 2.24) is 10.6 Å². The Hall–Kier alpha value is -2.07. The molecule has 2 aromatic rings. The lowest BCUT2D eigenvalue weighted by atomic mass is 10.1. The van der Waals surface area contributed by atoms with Crippen LogP contribution in [-0.4, -0.2) is 5.91 Å². The highest BCUT2D eigenvalue weighted by atomic mass is 16.3. The van der Waals surface area contributed by atoms with Crippen LogP contribution < -0.4 is 10.6 Å². The Morgan fingerprint density at radius 3 is 3.00 bits per heavy atom. The minimum atomic E-state index is -0.182. The number of amides is 1. The molecule has 0 unspecified atom stereocenters. The van der Waals surface area contributed by atoms with Crippen LogP contribution in [0.15, 0.2) is 41.0 Å². The van der Waals surface area contributed by atoms with Gasteiger partial charge in [-0.3, -0.25) is 4.79 Å². The van der Waals surface area contributed by atoms with Gasteiger partial charge in [-0.25, -0.2) is 0 Å². The predicted octanol–water partition coefficient (Wildman–Crippen LogP) is 1.81. The molecule has 0 radical (unpaired) electrons. The fourth-order valence-electron chi connectivity index (χ4n) is 2.14.